The van der Waals surface area contributed by atoms with Gasteiger partial charge in [0.2, 0.25) is 8.32 Å². The molecule has 54 heavy (non-hydrogen) atoms. The minimum atomic E-state index is -1.97. The van der Waals surface area contributed by atoms with Crippen molar-refractivity contribution in [3.8, 4) is 5.75 Å². The molecule has 0 spiro atoms. The van der Waals surface area contributed by atoms with Gasteiger partial charge in [-0.3, -0.25) is 0 Å². The van der Waals surface area contributed by atoms with Crippen LogP contribution in [0.2, 0.25) is 31.2 Å². The molecule has 0 radical (unpaired) electrons. The summed E-state index contributed by atoms with van der Waals surface area (Å²) in [7, 11) is -3.10. The molecular weight excluding hydrogens is 697 g/mol. The first-order valence-electron chi connectivity index (χ1n) is 21.6. The molecule has 0 N–H and O–H groups in total. The van der Waals surface area contributed by atoms with Gasteiger partial charge in [0.25, 0.3) is 8.68 Å². The van der Waals surface area contributed by atoms with Crippen molar-refractivity contribution >= 4 is 28.5 Å². The van der Waals surface area contributed by atoms with Crippen molar-refractivity contribution in [2.75, 3.05) is 13.2 Å². The largest absolute Gasteiger partial charge is 0.543 e. The molecule has 10 rings (SSSR count). The summed E-state index contributed by atoms with van der Waals surface area (Å²) in [6.45, 7) is 23.2. The molecule has 0 aromatic heterocycles. The molecule has 2 aromatic rings. The molecule has 8 aliphatic rings. The summed E-state index contributed by atoms with van der Waals surface area (Å²) in [5.74, 6) is 9.71. The van der Waals surface area contributed by atoms with E-state index < -0.39 is 17.0 Å². The van der Waals surface area contributed by atoms with E-state index in [1.165, 1.54) is 86.7 Å². The molecule has 4 nitrogen and oxygen atoms in total. The van der Waals surface area contributed by atoms with Gasteiger partial charge in [-0.05, 0) is 183 Å². The highest BCUT2D eigenvalue weighted by Gasteiger charge is 2.48. The predicted octanol–water partition coefficient (Wildman–Crippen LogP) is 13.1. The molecule has 8 bridgehead atoms. The number of hydrogen-bond acceptors (Lipinski definition) is 4. The molecular formula is C48H70O4Si2. The summed E-state index contributed by atoms with van der Waals surface area (Å²) >= 11 is 0. The Balaban J connectivity index is 0.00000107. The molecule has 294 valence electrons. The predicted molar refractivity (Wildman–Crippen MR) is 227 cm³/mol. The minimum absolute atomic E-state index is 0.0987. The van der Waals surface area contributed by atoms with Gasteiger partial charge in [-0.2, -0.15) is 0 Å². The lowest BCUT2D eigenvalue weighted by molar-refractivity contribution is 0.0629. The maximum absolute atomic E-state index is 9.63. The van der Waals surface area contributed by atoms with Crippen LogP contribution >= 0.6 is 0 Å². The molecule has 0 amide bonds. The smallest absolute Gasteiger partial charge is 0.270 e. The molecule has 0 saturated heterocycles. The molecule has 0 heterocycles. The number of ether oxygens (including phenoxy) is 2. The van der Waals surface area contributed by atoms with Crippen molar-refractivity contribution in [3.63, 3.8) is 0 Å². The summed E-state index contributed by atoms with van der Waals surface area (Å²) in [6.07, 6.45) is 13.7. The lowest BCUT2D eigenvalue weighted by Gasteiger charge is -2.52. The maximum atomic E-state index is 9.63. The van der Waals surface area contributed by atoms with Crippen molar-refractivity contribution in [1.29, 1.82) is 0 Å². The Morgan fingerprint density at radius 2 is 1.02 bits per heavy atom. The van der Waals surface area contributed by atoms with E-state index in [1.807, 2.05) is 0 Å². The zero-order valence-corrected chi connectivity index (χ0v) is 37.4. The monoisotopic (exact) mass is 766 g/mol. The van der Waals surface area contributed by atoms with E-state index in [-0.39, 0.29) is 10.5 Å². The Labute approximate surface area is 330 Å². The Kier molecular flexibility index (Phi) is 11.4. The van der Waals surface area contributed by atoms with E-state index in [2.05, 4.69) is 103 Å². The fraction of sp³-hybridized carbons (Fsp3) is 0.667. The van der Waals surface area contributed by atoms with Crippen LogP contribution in [0.25, 0.3) is 11.5 Å². The van der Waals surface area contributed by atoms with Crippen LogP contribution in [0.3, 0.4) is 0 Å². The standard InChI is InChI=1S/C46H64O3Si.C2H6OSi/c1-45(2,3)39-13-9-11-33(27-39)43(41-35-19-29-17-30(21-35)22-36(41)20-29)47-15-16-48-44(42-37-23-31-18-32(25-37)26-38(42)24-31)34-12-10-14-40(28-34)49-50(7,8)46(4,5)6;1-4(2)3/h9-14,27-32,35-38H,15-26H2,1-8H3;1-2H3. The highest BCUT2D eigenvalue weighted by Crippen LogP contribution is 2.59. The van der Waals surface area contributed by atoms with Crippen LogP contribution in [0.15, 0.2) is 59.7 Å². The molecule has 2 aromatic carbocycles. The summed E-state index contributed by atoms with van der Waals surface area (Å²) in [5.41, 5.74) is 7.20. The number of benzene rings is 2. The number of allylic oxidation sites excluding steroid dienone is 2. The maximum Gasteiger partial charge on any atom is 0.270 e. The SMILES string of the molecule is CC(C)(C)c1cccc(C(OCCOC(=C2C3CC4CC(C3)CC2C4)c2cccc(O[Si](C)(C)C(C)(C)C)c2)=C2C3CC4CC(C3)CC2C4)c1.C[Si](C)=O. The normalized spacial score (nSPS) is 29.4. The number of rotatable bonds is 9. The van der Waals surface area contributed by atoms with E-state index in [0.717, 1.165) is 35.2 Å². The van der Waals surface area contributed by atoms with Gasteiger partial charge in [0.15, 0.2) is 0 Å². The Hall–Kier alpha value is -2.45. The Morgan fingerprint density at radius 1 is 0.630 bits per heavy atom. The molecule has 0 atom stereocenters. The van der Waals surface area contributed by atoms with Crippen molar-refractivity contribution in [1.82, 2.24) is 0 Å². The van der Waals surface area contributed by atoms with Gasteiger partial charge in [-0.1, -0.05) is 71.9 Å². The third-order valence-corrected chi connectivity index (χ3v) is 18.8. The Bertz CT molecular complexity index is 1690. The van der Waals surface area contributed by atoms with E-state index in [0.29, 0.717) is 36.9 Å². The van der Waals surface area contributed by atoms with Gasteiger partial charge in [0, 0.05) is 11.1 Å². The minimum Gasteiger partial charge on any atom is -0.543 e. The van der Waals surface area contributed by atoms with Crippen LogP contribution in [0.1, 0.15) is 122 Å². The summed E-state index contributed by atoms with van der Waals surface area (Å²) in [5, 5.41) is 0.148. The van der Waals surface area contributed by atoms with Gasteiger partial charge in [0.05, 0.1) is 0 Å². The average Bonchev–Trinajstić information content (AvgIpc) is 3.06. The molecule has 8 saturated carbocycles. The summed E-state index contributed by atoms with van der Waals surface area (Å²) in [6, 6.07) is 18.2. The zero-order valence-electron chi connectivity index (χ0n) is 35.4. The van der Waals surface area contributed by atoms with Crippen molar-refractivity contribution in [2.45, 2.75) is 142 Å². The van der Waals surface area contributed by atoms with E-state index in [4.69, 9.17) is 13.9 Å². The molecule has 0 unspecified atom stereocenters. The summed E-state index contributed by atoms with van der Waals surface area (Å²) in [4.78, 5) is 0. The van der Waals surface area contributed by atoms with Crippen LogP contribution in [0.5, 0.6) is 5.75 Å². The zero-order chi connectivity index (χ0) is 38.6. The lowest BCUT2D eigenvalue weighted by Crippen LogP contribution is -2.43. The first-order chi connectivity index (χ1) is 25.4. The van der Waals surface area contributed by atoms with Gasteiger partial charge in [-0.15, -0.1) is 0 Å². The fourth-order valence-corrected chi connectivity index (χ4v) is 12.4. The summed E-state index contributed by atoms with van der Waals surface area (Å²) < 4.78 is 30.6. The van der Waals surface area contributed by atoms with Gasteiger partial charge >= 0.3 is 0 Å². The molecule has 6 heteroatoms. The van der Waals surface area contributed by atoms with Gasteiger partial charge in [0.1, 0.15) is 30.5 Å². The van der Waals surface area contributed by atoms with Crippen LogP contribution in [0, 0.1) is 47.3 Å². The van der Waals surface area contributed by atoms with Crippen LogP contribution in [0.4, 0.5) is 0 Å². The highest BCUT2D eigenvalue weighted by atomic mass is 28.4. The third kappa shape index (κ3) is 8.60. The third-order valence-electron chi connectivity index (χ3n) is 14.4. The van der Waals surface area contributed by atoms with E-state index in [1.54, 1.807) is 24.2 Å². The molecule has 0 aliphatic heterocycles. The first-order valence-corrected chi connectivity index (χ1v) is 26.9. The Morgan fingerprint density at radius 3 is 1.41 bits per heavy atom. The highest BCUT2D eigenvalue weighted by molar-refractivity contribution is 6.74. The number of hydrogen-bond donors (Lipinski definition) is 0. The second kappa shape index (κ2) is 15.5. The van der Waals surface area contributed by atoms with Crippen molar-refractivity contribution < 1.29 is 18.4 Å². The van der Waals surface area contributed by atoms with Gasteiger partial charge < -0.3 is 18.4 Å². The van der Waals surface area contributed by atoms with E-state index in [9.17, 15) is 4.46 Å². The van der Waals surface area contributed by atoms with Crippen molar-refractivity contribution in [2.24, 2.45) is 47.3 Å². The molecule has 8 aliphatic carbocycles. The lowest BCUT2D eigenvalue weighted by atomic mass is 9.54. The first kappa shape index (κ1) is 39.8. The van der Waals surface area contributed by atoms with E-state index >= 15 is 0 Å². The second-order valence-electron chi connectivity index (χ2n) is 21.0. The quantitative estimate of drug-likeness (QED) is 0.145. The fourth-order valence-electron chi connectivity index (χ4n) is 11.4. The van der Waals surface area contributed by atoms with Crippen LogP contribution in [-0.4, -0.2) is 30.2 Å². The average molecular weight is 767 g/mol. The van der Waals surface area contributed by atoms with Gasteiger partial charge in [-0.25, -0.2) is 0 Å². The van der Waals surface area contributed by atoms with Crippen LogP contribution in [-0.2, 0) is 19.4 Å². The van der Waals surface area contributed by atoms with Crippen molar-refractivity contribution in [3.05, 3.63) is 76.4 Å². The second-order valence-corrected chi connectivity index (χ2v) is 27.5. The van der Waals surface area contributed by atoms with Crippen LogP contribution < -0.4 is 4.43 Å². The topological polar surface area (TPSA) is 44.8 Å². The molecule has 8 fully saturated rings.